The van der Waals surface area contributed by atoms with E-state index in [1.807, 2.05) is 0 Å². The number of rotatable bonds is 7. The number of amides is 2. The van der Waals surface area contributed by atoms with Crippen LogP contribution in [0, 0.1) is 0 Å². The van der Waals surface area contributed by atoms with Crippen molar-refractivity contribution in [2.75, 3.05) is 5.32 Å². The quantitative estimate of drug-likeness (QED) is 0.283. The van der Waals surface area contributed by atoms with Crippen molar-refractivity contribution in [1.29, 1.82) is 0 Å². The molecule has 2 amide bonds. The van der Waals surface area contributed by atoms with E-state index in [0.717, 1.165) is 0 Å². The van der Waals surface area contributed by atoms with Crippen LogP contribution in [0.4, 0.5) is 5.69 Å². The molecule has 3 aromatic rings. The summed E-state index contributed by atoms with van der Waals surface area (Å²) in [7, 11) is -3.73. The number of para-hydroxylation sites is 1. The molecule has 0 spiro atoms. The monoisotopic (exact) mass is 460 g/mol. The lowest BCUT2D eigenvalue weighted by atomic mass is 10.3. The lowest BCUT2D eigenvalue weighted by Crippen LogP contribution is -2.32. The van der Waals surface area contributed by atoms with E-state index in [0.29, 0.717) is 16.5 Å². The molecule has 0 aliphatic rings. The summed E-state index contributed by atoms with van der Waals surface area (Å²) in [5.74, 6) is -1.25. The van der Waals surface area contributed by atoms with Crippen LogP contribution < -0.4 is 15.5 Å². The summed E-state index contributed by atoms with van der Waals surface area (Å²) in [6.45, 7) is -0.0926. The van der Waals surface area contributed by atoms with Gasteiger partial charge in [0, 0.05) is 10.7 Å². The predicted octanol–water partition coefficient (Wildman–Crippen LogP) is 2.50. The highest BCUT2D eigenvalue weighted by molar-refractivity contribution is 7.89. The number of hydrogen-bond donors (Lipinski definition) is 3. The molecular formula is C20H17ClN4O5S. The lowest BCUT2D eigenvalue weighted by molar-refractivity contribution is -0.136. The minimum absolute atomic E-state index is 0.0710. The molecule has 0 unspecified atom stereocenters. The molecule has 0 bridgehead atoms. The number of sulfonamides is 1. The Balaban J connectivity index is 1.50. The molecule has 0 atom stereocenters. The van der Waals surface area contributed by atoms with E-state index in [2.05, 4.69) is 20.6 Å². The largest absolute Gasteiger partial charge is 0.459 e. The molecule has 31 heavy (non-hydrogen) atoms. The Morgan fingerprint density at radius 1 is 0.968 bits per heavy atom. The predicted molar refractivity (Wildman–Crippen MR) is 115 cm³/mol. The number of hydrogen-bond acceptors (Lipinski definition) is 6. The minimum atomic E-state index is -3.73. The van der Waals surface area contributed by atoms with Crippen molar-refractivity contribution in [1.82, 2.24) is 10.1 Å². The normalized spacial score (nSPS) is 11.4. The lowest BCUT2D eigenvalue weighted by Gasteiger charge is -2.05. The topological polar surface area (TPSA) is 130 Å². The Morgan fingerprint density at radius 2 is 1.68 bits per heavy atom. The maximum Gasteiger partial charge on any atom is 0.329 e. The zero-order valence-corrected chi connectivity index (χ0v) is 17.5. The number of anilines is 1. The Hall–Kier alpha value is -3.47. The fourth-order valence-electron chi connectivity index (χ4n) is 2.34. The molecule has 9 nitrogen and oxygen atoms in total. The van der Waals surface area contributed by atoms with E-state index in [1.165, 1.54) is 36.5 Å². The number of furan rings is 1. The molecule has 0 aliphatic carbocycles. The van der Waals surface area contributed by atoms with Gasteiger partial charge in [0.05, 0.1) is 17.7 Å². The second kappa shape index (κ2) is 10.0. The molecule has 1 aromatic heterocycles. The van der Waals surface area contributed by atoms with Crippen molar-refractivity contribution in [2.45, 2.75) is 11.4 Å². The van der Waals surface area contributed by atoms with E-state index >= 15 is 0 Å². The SMILES string of the molecule is O=C(N/N=C/c1ccc(CNS(=O)(=O)c2ccc(Cl)cc2)o1)C(=O)Nc1ccccc1. The van der Waals surface area contributed by atoms with Gasteiger partial charge in [0.25, 0.3) is 0 Å². The summed E-state index contributed by atoms with van der Waals surface area (Å²) in [5, 5.41) is 6.50. The average molecular weight is 461 g/mol. The van der Waals surface area contributed by atoms with Crippen LogP contribution in [-0.4, -0.2) is 26.4 Å². The Labute approximate surface area is 183 Å². The molecule has 11 heteroatoms. The first-order valence-electron chi connectivity index (χ1n) is 8.87. The van der Waals surface area contributed by atoms with Crippen LogP contribution >= 0.6 is 11.6 Å². The summed E-state index contributed by atoms with van der Waals surface area (Å²) in [5.41, 5.74) is 2.55. The van der Waals surface area contributed by atoms with E-state index in [9.17, 15) is 18.0 Å². The smallest absolute Gasteiger partial charge is 0.329 e. The van der Waals surface area contributed by atoms with E-state index in [-0.39, 0.29) is 17.2 Å². The van der Waals surface area contributed by atoms with Crippen LogP contribution in [0.3, 0.4) is 0 Å². The van der Waals surface area contributed by atoms with Gasteiger partial charge in [-0.25, -0.2) is 18.6 Å². The van der Waals surface area contributed by atoms with E-state index in [1.54, 1.807) is 36.4 Å². The molecule has 0 saturated carbocycles. The van der Waals surface area contributed by atoms with Gasteiger partial charge >= 0.3 is 11.8 Å². The van der Waals surface area contributed by atoms with E-state index in [4.69, 9.17) is 16.0 Å². The van der Waals surface area contributed by atoms with Crippen molar-refractivity contribution >= 4 is 45.3 Å². The van der Waals surface area contributed by atoms with Gasteiger partial charge in [0.2, 0.25) is 10.0 Å². The molecular weight excluding hydrogens is 444 g/mol. The highest BCUT2D eigenvalue weighted by Crippen LogP contribution is 2.15. The maximum absolute atomic E-state index is 12.3. The van der Waals surface area contributed by atoms with Crippen molar-refractivity contribution in [3.63, 3.8) is 0 Å². The van der Waals surface area contributed by atoms with Gasteiger partial charge in [-0.1, -0.05) is 29.8 Å². The van der Waals surface area contributed by atoms with Crippen molar-refractivity contribution < 1.29 is 22.4 Å². The Kier molecular flexibility index (Phi) is 7.19. The van der Waals surface area contributed by atoms with Gasteiger partial charge in [0.15, 0.2) is 0 Å². The van der Waals surface area contributed by atoms with Crippen molar-refractivity contribution in [2.24, 2.45) is 5.10 Å². The highest BCUT2D eigenvalue weighted by atomic mass is 35.5. The number of hydrazone groups is 1. The van der Waals surface area contributed by atoms with Crippen LogP contribution in [0.5, 0.6) is 0 Å². The molecule has 3 rings (SSSR count). The number of halogens is 1. The third kappa shape index (κ3) is 6.51. The summed E-state index contributed by atoms with van der Waals surface area (Å²) in [4.78, 5) is 23.6. The van der Waals surface area contributed by atoms with Crippen LogP contribution in [0.15, 0.2) is 81.1 Å². The Morgan fingerprint density at radius 3 is 2.39 bits per heavy atom. The first-order valence-corrected chi connectivity index (χ1v) is 10.7. The number of carbonyl (C=O) groups is 2. The van der Waals surface area contributed by atoms with Gasteiger partial charge in [-0.15, -0.1) is 0 Å². The first-order chi connectivity index (χ1) is 14.8. The maximum atomic E-state index is 12.3. The molecule has 0 aliphatic heterocycles. The zero-order valence-electron chi connectivity index (χ0n) is 15.9. The van der Waals surface area contributed by atoms with Crippen LogP contribution in [0.1, 0.15) is 11.5 Å². The summed E-state index contributed by atoms with van der Waals surface area (Å²) in [6.07, 6.45) is 1.19. The first kappa shape index (κ1) is 22.2. The summed E-state index contributed by atoms with van der Waals surface area (Å²) >= 11 is 5.76. The molecule has 0 radical (unpaired) electrons. The van der Waals surface area contributed by atoms with Gasteiger partial charge in [-0.2, -0.15) is 5.10 Å². The molecule has 2 aromatic carbocycles. The molecule has 3 N–H and O–H groups in total. The molecule has 0 fully saturated rings. The summed E-state index contributed by atoms with van der Waals surface area (Å²) in [6, 6.07) is 17.3. The van der Waals surface area contributed by atoms with E-state index < -0.39 is 21.8 Å². The van der Waals surface area contributed by atoms with Crippen molar-refractivity contribution in [3.05, 3.63) is 83.3 Å². The van der Waals surface area contributed by atoms with Gasteiger partial charge in [0.1, 0.15) is 11.5 Å². The van der Waals surface area contributed by atoms with Gasteiger partial charge in [-0.3, -0.25) is 9.59 Å². The van der Waals surface area contributed by atoms with Crippen LogP contribution in [0.2, 0.25) is 5.02 Å². The third-order valence-electron chi connectivity index (χ3n) is 3.84. The fraction of sp³-hybridized carbons (Fsp3) is 0.0500. The van der Waals surface area contributed by atoms with Crippen molar-refractivity contribution in [3.8, 4) is 0 Å². The van der Waals surface area contributed by atoms with Gasteiger partial charge in [-0.05, 0) is 48.5 Å². The molecule has 0 saturated heterocycles. The number of benzene rings is 2. The third-order valence-corrected chi connectivity index (χ3v) is 5.51. The minimum Gasteiger partial charge on any atom is -0.459 e. The van der Waals surface area contributed by atoms with Crippen LogP contribution in [-0.2, 0) is 26.2 Å². The number of carbonyl (C=O) groups excluding carboxylic acids is 2. The standard InChI is InChI=1S/C20H17ClN4O5S/c21-14-6-10-18(11-7-14)31(28,29)23-13-17-9-8-16(30-17)12-22-25-20(27)19(26)24-15-4-2-1-3-5-15/h1-12,23H,13H2,(H,24,26)(H,25,27)/b22-12+. The van der Waals surface area contributed by atoms with Crippen LogP contribution in [0.25, 0.3) is 0 Å². The average Bonchev–Trinajstić information content (AvgIpc) is 3.21. The summed E-state index contributed by atoms with van der Waals surface area (Å²) < 4.78 is 32.3. The number of nitrogens with zero attached hydrogens (tertiary/aromatic N) is 1. The Bertz CT molecular complexity index is 1190. The molecule has 160 valence electrons. The molecule has 1 heterocycles. The fourth-order valence-corrected chi connectivity index (χ4v) is 3.46. The second-order valence-corrected chi connectivity index (χ2v) is 8.31. The highest BCUT2D eigenvalue weighted by Gasteiger charge is 2.15. The number of nitrogens with one attached hydrogen (secondary N) is 3. The second-order valence-electron chi connectivity index (χ2n) is 6.10. The zero-order chi connectivity index (χ0) is 22.3. The van der Waals surface area contributed by atoms with Gasteiger partial charge < -0.3 is 9.73 Å².